The van der Waals surface area contributed by atoms with Crippen LogP contribution in [0.5, 0.6) is 0 Å². The molecule has 2 amide bonds. The van der Waals surface area contributed by atoms with Crippen LogP contribution in [0.2, 0.25) is 0 Å². The van der Waals surface area contributed by atoms with Gasteiger partial charge in [0.2, 0.25) is 11.8 Å². The number of carbonyl (C=O) groups excluding carboxylic acids is 3. The smallest absolute Gasteiger partial charge is 0.233 e. The highest BCUT2D eigenvalue weighted by molar-refractivity contribution is 6.05. The molecule has 0 spiro atoms. The van der Waals surface area contributed by atoms with Crippen LogP contribution >= 0.6 is 0 Å². The molecule has 5 heteroatoms. The lowest BCUT2D eigenvalue weighted by molar-refractivity contribution is -0.305. The number of carboxylic acid groups (broad SMARTS) is 1. The number of hydrogen-bond donors (Lipinski definition) is 0. The summed E-state index contributed by atoms with van der Waals surface area (Å²) in [4.78, 5) is 35.1. The van der Waals surface area contributed by atoms with Gasteiger partial charge in [0.1, 0.15) is 0 Å². The van der Waals surface area contributed by atoms with Crippen molar-refractivity contribution >= 4 is 17.8 Å². The number of rotatable bonds is 3. The topological polar surface area (TPSA) is 77.5 Å². The Morgan fingerprint density at radius 3 is 2.12 bits per heavy atom. The monoisotopic (exact) mass is 224 g/mol. The normalized spacial score (nSPS) is 29.4. The molecule has 1 aliphatic heterocycles. The van der Waals surface area contributed by atoms with Crippen LogP contribution in [0.15, 0.2) is 0 Å². The second-order valence-electron chi connectivity index (χ2n) is 4.45. The van der Waals surface area contributed by atoms with Gasteiger partial charge in [-0.25, -0.2) is 0 Å². The Balaban J connectivity index is 2.06. The molecular weight excluding hydrogens is 210 g/mol. The van der Waals surface area contributed by atoms with E-state index < -0.39 is 5.97 Å². The minimum absolute atomic E-state index is 0.0347. The van der Waals surface area contributed by atoms with Gasteiger partial charge in [0, 0.05) is 18.9 Å². The molecule has 1 saturated carbocycles. The van der Waals surface area contributed by atoms with Crippen molar-refractivity contribution in [1.29, 1.82) is 0 Å². The molecule has 0 unspecified atom stereocenters. The summed E-state index contributed by atoms with van der Waals surface area (Å²) >= 11 is 0. The van der Waals surface area contributed by atoms with Gasteiger partial charge in [-0.2, -0.15) is 0 Å². The lowest BCUT2D eigenvalue weighted by atomic mass is 9.81. The lowest BCUT2D eigenvalue weighted by Crippen LogP contribution is -2.35. The van der Waals surface area contributed by atoms with Crippen molar-refractivity contribution in [1.82, 2.24) is 4.90 Å². The molecule has 0 radical (unpaired) electrons. The van der Waals surface area contributed by atoms with Gasteiger partial charge >= 0.3 is 0 Å². The molecule has 1 heterocycles. The second-order valence-corrected chi connectivity index (χ2v) is 4.45. The summed E-state index contributed by atoms with van der Waals surface area (Å²) in [5, 5.41) is 10.3. The third-order valence-corrected chi connectivity index (χ3v) is 3.47. The van der Waals surface area contributed by atoms with Crippen molar-refractivity contribution in [3.05, 3.63) is 0 Å². The molecule has 0 aromatic heterocycles. The van der Waals surface area contributed by atoms with E-state index in [9.17, 15) is 19.5 Å². The molecule has 2 rings (SSSR count). The Morgan fingerprint density at radius 2 is 1.69 bits per heavy atom. The van der Waals surface area contributed by atoms with Gasteiger partial charge in [0.15, 0.2) is 0 Å². The number of carbonyl (C=O) groups is 3. The maximum atomic E-state index is 11.9. The van der Waals surface area contributed by atoms with Crippen LogP contribution in [0.3, 0.4) is 0 Å². The standard InChI is InChI=1S/C11H15NO4/c13-9(14)5-6-12-10(15)7-3-1-2-4-8(7)11(12)16/h7-8H,1-6H2,(H,13,14)/p-1/t7-,8-/m0/s1. The number of fused-ring (bicyclic) bond motifs is 1. The predicted octanol–water partition coefficient (Wildman–Crippen LogP) is -0.698. The van der Waals surface area contributed by atoms with Crippen molar-refractivity contribution in [2.75, 3.05) is 6.54 Å². The quantitative estimate of drug-likeness (QED) is 0.594. The minimum atomic E-state index is -1.23. The Hall–Kier alpha value is -1.39. The summed E-state index contributed by atoms with van der Waals surface area (Å²) in [6.45, 7) is -0.0347. The Kier molecular flexibility index (Phi) is 2.94. The molecule has 2 atom stereocenters. The molecule has 0 bridgehead atoms. The average molecular weight is 224 g/mol. The fourth-order valence-corrected chi connectivity index (χ4v) is 2.65. The minimum Gasteiger partial charge on any atom is -0.550 e. The summed E-state index contributed by atoms with van der Waals surface area (Å²) in [7, 11) is 0. The zero-order valence-electron chi connectivity index (χ0n) is 8.98. The number of likely N-dealkylation sites (tertiary alicyclic amines) is 1. The third-order valence-electron chi connectivity index (χ3n) is 3.47. The van der Waals surface area contributed by atoms with Crippen LogP contribution < -0.4 is 5.11 Å². The summed E-state index contributed by atoms with van der Waals surface area (Å²) in [6, 6.07) is 0. The number of carboxylic acids is 1. The van der Waals surface area contributed by atoms with Gasteiger partial charge in [0.25, 0.3) is 0 Å². The fourth-order valence-electron chi connectivity index (χ4n) is 2.65. The number of imide groups is 1. The first-order valence-electron chi connectivity index (χ1n) is 5.66. The van der Waals surface area contributed by atoms with Gasteiger partial charge < -0.3 is 9.90 Å². The van der Waals surface area contributed by atoms with E-state index in [0.717, 1.165) is 30.6 Å². The molecular formula is C11H14NO4-. The van der Waals surface area contributed by atoms with Gasteiger partial charge in [-0.1, -0.05) is 12.8 Å². The van der Waals surface area contributed by atoms with E-state index in [0.29, 0.717) is 0 Å². The Morgan fingerprint density at radius 1 is 1.19 bits per heavy atom. The van der Waals surface area contributed by atoms with E-state index >= 15 is 0 Å². The van der Waals surface area contributed by atoms with Crippen LogP contribution in [0.1, 0.15) is 32.1 Å². The molecule has 88 valence electrons. The van der Waals surface area contributed by atoms with Crippen molar-refractivity contribution < 1.29 is 19.5 Å². The number of aliphatic carboxylic acids is 1. The highest BCUT2D eigenvalue weighted by Gasteiger charge is 2.47. The summed E-state index contributed by atoms with van der Waals surface area (Å²) in [6.07, 6.45) is 3.22. The molecule has 5 nitrogen and oxygen atoms in total. The van der Waals surface area contributed by atoms with Gasteiger partial charge in [-0.05, 0) is 12.8 Å². The second kappa shape index (κ2) is 4.23. The third kappa shape index (κ3) is 1.81. The van der Waals surface area contributed by atoms with E-state index in [-0.39, 0.29) is 36.6 Å². The van der Waals surface area contributed by atoms with Crippen molar-refractivity contribution in [3.8, 4) is 0 Å². The summed E-state index contributed by atoms with van der Waals surface area (Å²) in [5.41, 5.74) is 0. The van der Waals surface area contributed by atoms with E-state index in [1.54, 1.807) is 0 Å². The van der Waals surface area contributed by atoms with Crippen LogP contribution in [0, 0.1) is 11.8 Å². The van der Waals surface area contributed by atoms with E-state index in [4.69, 9.17) is 0 Å². The molecule has 1 aliphatic carbocycles. The molecule has 2 aliphatic rings. The SMILES string of the molecule is O=C([O-])CCN1C(=O)[C@H]2CCCC[C@@H]2C1=O. The molecule has 1 saturated heterocycles. The zero-order chi connectivity index (χ0) is 11.7. The lowest BCUT2D eigenvalue weighted by Gasteiger charge is -2.19. The number of hydrogen-bond acceptors (Lipinski definition) is 4. The maximum absolute atomic E-state index is 11.9. The Bertz CT molecular complexity index is 315. The zero-order valence-corrected chi connectivity index (χ0v) is 8.98. The predicted molar refractivity (Wildman–Crippen MR) is 51.8 cm³/mol. The van der Waals surface area contributed by atoms with Crippen LogP contribution in [-0.2, 0) is 14.4 Å². The largest absolute Gasteiger partial charge is 0.550 e. The van der Waals surface area contributed by atoms with Crippen molar-refractivity contribution in [2.24, 2.45) is 11.8 Å². The molecule has 0 N–H and O–H groups in total. The van der Waals surface area contributed by atoms with E-state index in [1.165, 1.54) is 0 Å². The van der Waals surface area contributed by atoms with Gasteiger partial charge in [-0.15, -0.1) is 0 Å². The maximum Gasteiger partial charge on any atom is 0.233 e. The molecule has 0 aromatic rings. The van der Waals surface area contributed by atoms with Crippen LogP contribution in [0.4, 0.5) is 0 Å². The van der Waals surface area contributed by atoms with Crippen LogP contribution in [-0.4, -0.2) is 29.2 Å². The summed E-state index contributed by atoms with van der Waals surface area (Å²) in [5.74, 6) is -1.98. The van der Waals surface area contributed by atoms with E-state index in [1.807, 2.05) is 0 Å². The number of amides is 2. The fraction of sp³-hybridized carbons (Fsp3) is 0.727. The molecule has 0 aromatic carbocycles. The molecule has 2 fully saturated rings. The van der Waals surface area contributed by atoms with Gasteiger partial charge in [-0.3, -0.25) is 14.5 Å². The van der Waals surface area contributed by atoms with Crippen molar-refractivity contribution in [2.45, 2.75) is 32.1 Å². The van der Waals surface area contributed by atoms with Crippen molar-refractivity contribution in [3.63, 3.8) is 0 Å². The number of nitrogens with zero attached hydrogens (tertiary/aromatic N) is 1. The average Bonchev–Trinajstić information content (AvgIpc) is 2.50. The highest BCUT2D eigenvalue weighted by Crippen LogP contribution is 2.37. The molecule has 16 heavy (non-hydrogen) atoms. The Labute approximate surface area is 93.4 Å². The first kappa shape index (κ1) is 11.1. The first-order chi connectivity index (χ1) is 7.61. The highest BCUT2D eigenvalue weighted by atomic mass is 16.4. The van der Waals surface area contributed by atoms with Gasteiger partial charge in [0.05, 0.1) is 11.8 Å². The summed E-state index contributed by atoms with van der Waals surface area (Å²) < 4.78 is 0. The first-order valence-corrected chi connectivity index (χ1v) is 5.66. The van der Waals surface area contributed by atoms with E-state index in [2.05, 4.69) is 0 Å². The van der Waals surface area contributed by atoms with Crippen LogP contribution in [0.25, 0.3) is 0 Å².